The van der Waals surface area contributed by atoms with Crippen molar-refractivity contribution in [2.45, 2.75) is 19.5 Å². The van der Waals surface area contributed by atoms with Crippen molar-refractivity contribution >= 4 is 22.2 Å². The molecule has 0 atom stereocenters. The number of hydrogen-bond donors (Lipinski definition) is 1. The summed E-state index contributed by atoms with van der Waals surface area (Å²) in [6.45, 7) is 1.74. The maximum absolute atomic E-state index is 12.9. The van der Waals surface area contributed by atoms with Gasteiger partial charge in [-0.05, 0) is 30.7 Å². The van der Waals surface area contributed by atoms with Crippen LogP contribution in [0.4, 0.5) is 18.2 Å². The Balaban J connectivity index is 1.50. The maximum atomic E-state index is 12.9. The highest BCUT2D eigenvalue weighted by Crippen LogP contribution is 2.31. The molecule has 0 unspecified atom stereocenters. The Morgan fingerprint density at radius 3 is 2.74 bits per heavy atom. The monoisotopic (exact) mass is 446 g/mol. The van der Waals surface area contributed by atoms with E-state index in [1.54, 1.807) is 38.2 Å². The molecular weight excluding hydrogens is 429 g/mol. The lowest BCUT2D eigenvalue weighted by molar-refractivity contribution is -0.137. The molecule has 1 N–H and O–H groups in total. The average Bonchev–Trinajstić information content (AvgIpc) is 3.42. The van der Waals surface area contributed by atoms with E-state index in [9.17, 15) is 18.0 Å². The third kappa shape index (κ3) is 4.53. The summed E-state index contributed by atoms with van der Waals surface area (Å²) in [5.74, 6) is 0.178. The maximum Gasteiger partial charge on any atom is 0.416 e. The van der Waals surface area contributed by atoms with Crippen molar-refractivity contribution in [1.29, 1.82) is 0 Å². The number of rotatable bonds is 5. The third-order valence-corrected chi connectivity index (χ3v) is 5.64. The molecule has 0 saturated carbocycles. The number of amides is 1. The molecule has 6 nitrogen and oxygen atoms in total. The zero-order chi connectivity index (χ0) is 22.2. The van der Waals surface area contributed by atoms with E-state index >= 15 is 0 Å². The van der Waals surface area contributed by atoms with Gasteiger partial charge in [-0.25, -0.2) is 4.98 Å². The predicted octanol–water partition coefficient (Wildman–Crippen LogP) is 5.31. The highest BCUT2D eigenvalue weighted by atomic mass is 32.1. The molecule has 0 bridgehead atoms. The van der Waals surface area contributed by atoms with E-state index < -0.39 is 11.7 Å². The Hall–Kier alpha value is -3.40. The summed E-state index contributed by atoms with van der Waals surface area (Å²) in [5, 5.41) is 8.24. The van der Waals surface area contributed by atoms with Crippen molar-refractivity contribution in [2.75, 3.05) is 5.32 Å². The zero-order valence-corrected chi connectivity index (χ0v) is 17.3. The summed E-state index contributed by atoms with van der Waals surface area (Å²) < 4.78 is 45.6. The van der Waals surface area contributed by atoms with E-state index in [1.165, 1.54) is 28.3 Å². The molecule has 0 aliphatic rings. The van der Waals surface area contributed by atoms with Gasteiger partial charge in [-0.1, -0.05) is 18.2 Å². The van der Waals surface area contributed by atoms with Crippen molar-refractivity contribution in [1.82, 2.24) is 14.8 Å². The summed E-state index contributed by atoms with van der Waals surface area (Å²) in [6.07, 6.45) is -2.64. The SMILES string of the molecule is Cc1nc(Cc2cccc(C(F)(F)F)c2)sc1NC(=O)c1cc(-c2ccco2)nn1C. The minimum atomic E-state index is -4.40. The number of thiazole rings is 1. The number of furan rings is 1. The summed E-state index contributed by atoms with van der Waals surface area (Å²) in [7, 11) is 1.65. The number of aryl methyl sites for hydroxylation is 2. The Morgan fingerprint density at radius 1 is 1.23 bits per heavy atom. The van der Waals surface area contributed by atoms with Crippen molar-refractivity contribution in [3.8, 4) is 11.5 Å². The number of carbonyl (C=O) groups excluding carboxylic acids is 1. The average molecular weight is 446 g/mol. The molecule has 0 spiro atoms. The van der Waals surface area contributed by atoms with Crippen LogP contribution in [0.25, 0.3) is 11.5 Å². The van der Waals surface area contributed by atoms with E-state index in [0.717, 1.165) is 12.1 Å². The van der Waals surface area contributed by atoms with Crippen LogP contribution < -0.4 is 5.32 Å². The van der Waals surface area contributed by atoms with E-state index in [-0.39, 0.29) is 12.3 Å². The molecule has 4 rings (SSSR count). The number of nitrogens with zero attached hydrogens (tertiary/aromatic N) is 3. The highest BCUT2D eigenvalue weighted by Gasteiger charge is 2.30. The summed E-state index contributed by atoms with van der Waals surface area (Å²) in [6, 6.07) is 10.2. The van der Waals surface area contributed by atoms with Crippen LogP contribution in [0.3, 0.4) is 0 Å². The van der Waals surface area contributed by atoms with E-state index in [2.05, 4.69) is 15.4 Å². The van der Waals surface area contributed by atoms with Crippen molar-refractivity contribution < 1.29 is 22.4 Å². The minimum Gasteiger partial charge on any atom is -0.463 e. The molecule has 0 saturated heterocycles. The van der Waals surface area contributed by atoms with Gasteiger partial charge in [0.15, 0.2) is 5.76 Å². The molecule has 0 aliphatic heterocycles. The lowest BCUT2D eigenvalue weighted by Gasteiger charge is -2.07. The molecule has 0 aliphatic carbocycles. The van der Waals surface area contributed by atoms with E-state index in [1.807, 2.05) is 0 Å². The standard InChI is InChI=1S/C21H17F3N4O2S/c1-12-20(26-19(29)16-11-15(27-28(16)2)17-7-4-8-30-17)31-18(25-12)10-13-5-3-6-14(9-13)21(22,23)24/h3-9,11H,10H2,1-2H3,(H,26,29). The van der Waals surface area contributed by atoms with Gasteiger partial charge in [0.25, 0.3) is 5.91 Å². The fraction of sp³-hybridized carbons (Fsp3) is 0.190. The van der Waals surface area contributed by atoms with Crippen LogP contribution in [-0.4, -0.2) is 20.7 Å². The first-order chi connectivity index (χ1) is 14.7. The molecule has 0 fully saturated rings. The smallest absolute Gasteiger partial charge is 0.416 e. The lowest BCUT2D eigenvalue weighted by atomic mass is 10.1. The van der Waals surface area contributed by atoms with Gasteiger partial charge in [0, 0.05) is 19.5 Å². The number of benzene rings is 1. The van der Waals surface area contributed by atoms with Gasteiger partial charge in [0.2, 0.25) is 0 Å². The Kier molecular flexibility index (Phi) is 5.40. The van der Waals surface area contributed by atoms with Crippen LogP contribution >= 0.6 is 11.3 Å². The third-order valence-electron chi connectivity index (χ3n) is 4.56. The number of alkyl halides is 3. The Bertz CT molecular complexity index is 1230. The number of halogens is 3. The first-order valence-electron chi connectivity index (χ1n) is 9.22. The topological polar surface area (TPSA) is 73.0 Å². The van der Waals surface area contributed by atoms with Gasteiger partial charge in [-0.3, -0.25) is 9.48 Å². The van der Waals surface area contributed by atoms with Gasteiger partial charge in [-0.15, -0.1) is 11.3 Å². The van der Waals surface area contributed by atoms with Crippen LogP contribution in [0.15, 0.2) is 53.1 Å². The molecule has 3 aromatic heterocycles. The predicted molar refractivity (Wildman–Crippen MR) is 110 cm³/mol. The molecule has 160 valence electrons. The number of nitrogens with one attached hydrogen (secondary N) is 1. The Morgan fingerprint density at radius 2 is 2.03 bits per heavy atom. The van der Waals surface area contributed by atoms with E-state index in [4.69, 9.17) is 4.42 Å². The molecule has 10 heteroatoms. The number of aromatic nitrogens is 3. The fourth-order valence-electron chi connectivity index (χ4n) is 3.07. The number of anilines is 1. The van der Waals surface area contributed by atoms with Gasteiger partial charge in [0.05, 0.1) is 22.5 Å². The van der Waals surface area contributed by atoms with E-state index in [0.29, 0.717) is 38.4 Å². The van der Waals surface area contributed by atoms with Gasteiger partial charge in [-0.2, -0.15) is 18.3 Å². The fourth-order valence-corrected chi connectivity index (χ4v) is 4.06. The van der Waals surface area contributed by atoms with Crippen LogP contribution in [0.5, 0.6) is 0 Å². The Labute approximate surface area is 179 Å². The van der Waals surface area contributed by atoms with Gasteiger partial charge < -0.3 is 9.73 Å². The van der Waals surface area contributed by atoms with Crippen molar-refractivity contribution in [3.63, 3.8) is 0 Å². The molecular formula is C21H17F3N4O2S. The summed E-state index contributed by atoms with van der Waals surface area (Å²) >= 11 is 1.23. The van der Waals surface area contributed by atoms with Crippen LogP contribution in [0.1, 0.15) is 32.3 Å². The van der Waals surface area contributed by atoms with Crippen molar-refractivity contribution in [3.05, 3.63) is 76.3 Å². The quantitative estimate of drug-likeness (QED) is 0.451. The molecule has 31 heavy (non-hydrogen) atoms. The first-order valence-corrected chi connectivity index (χ1v) is 10.0. The normalized spacial score (nSPS) is 11.6. The molecule has 1 aromatic carbocycles. The zero-order valence-electron chi connectivity index (χ0n) is 16.5. The summed E-state index contributed by atoms with van der Waals surface area (Å²) in [4.78, 5) is 17.1. The van der Waals surface area contributed by atoms with Crippen molar-refractivity contribution in [2.24, 2.45) is 7.05 Å². The molecule has 3 heterocycles. The van der Waals surface area contributed by atoms with Gasteiger partial charge >= 0.3 is 6.18 Å². The minimum absolute atomic E-state index is 0.236. The number of hydrogen-bond acceptors (Lipinski definition) is 5. The second kappa shape index (κ2) is 8.03. The van der Waals surface area contributed by atoms with Crippen LogP contribution in [0.2, 0.25) is 0 Å². The molecule has 0 radical (unpaired) electrons. The summed E-state index contributed by atoms with van der Waals surface area (Å²) in [5.41, 5.74) is 1.25. The second-order valence-corrected chi connectivity index (χ2v) is 7.95. The molecule has 1 amide bonds. The lowest BCUT2D eigenvalue weighted by Crippen LogP contribution is -2.15. The first kappa shape index (κ1) is 20.9. The van der Waals surface area contributed by atoms with Crippen LogP contribution in [0, 0.1) is 6.92 Å². The second-order valence-electron chi connectivity index (χ2n) is 6.87. The van der Waals surface area contributed by atoms with Gasteiger partial charge in [0.1, 0.15) is 16.4 Å². The largest absolute Gasteiger partial charge is 0.463 e. The highest BCUT2D eigenvalue weighted by molar-refractivity contribution is 7.16. The van der Waals surface area contributed by atoms with Crippen LogP contribution in [-0.2, 0) is 19.6 Å². The molecule has 4 aromatic rings. The number of carbonyl (C=O) groups is 1.